The van der Waals surface area contributed by atoms with Crippen LogP contribution >= 0.6 is 0 Å². The van der Waals surface area contributed by atoms with E-state index in [-0.39, 0.29) is 54.0 Å². The first-order valence-electron chi connectivity index (χ1n) is 8.76. The summed E-state index contributed by atoms with van der Waals surface area (Å²) in [7, 11) is 0. The summed E-state index contributed by atoms with van der Waals surface area (Å²) in [5.41, 5.74) is 4.95. The van der Waals surface area contributed by atoms with Crippen molar-refractivity contribution in [2.24, 2.45) is 20.2 Å². The van der Waals surface area contributed by atoms with Crippen LogP contribution in [0.2, 0.25) is 0 Å². The number of rotatable bonds is 8. The second kappa shape index (κ2) is 16.4. The Morgan fingerprint density at radius 3 is 1.52 bits per heavy atom. The smallest absolute Gasteiger partial charge is 0.741 e. The SMILES string of the molecule is CCN=C([S-])N/N=C/c1ccc([N+](=O)[O-])o1.CCN=C([S-])N/N=C/c1ccc([N+](=O)[O-])o1.[Pd+2]. The van der Waals surface area contributed by atoms with E-state index in [9.17, 15) is 20.2 Å². The quantitative estimate of drug-likeness (QED) is 0.115. The number of nitrogens with one attached hydrogen (secondary N) is 2. The van der Waals surface area contributed by atoms with Gasteiger partial charge in [-0.1, -0.05) is 0 Å². The molecule has 0 bridgehead atoms. The third-order valence-corrected chi connectivity index (χ3v) is 3.33. The van der Waals surface area contributed by atoms with Crippen molar-refractivity contribution < 1.29 is 39.1 Å². The molecule has 0 fully saturated rings. The maximum atomic E-state index is 10.3. The minimum Gasteiger partial charge on any atom is -0.741 e. The molecule has 0 saturated carbocycles. The number of nitro groups is 2. The van der Waals surface area contributed by atoms with Crippen molar-refractivity contribution in [3.05, 3.63) is 56.0 Å². The van der Waals surface area contributed by atoms with Crippen LogP contribution in [0.4, 0.5) is 11.8 Å². The van der Waals surface area contributed by atoms with Gasteiger partial charge in [0.2, 0.25) is 0 Å². The minimum absolute atomic E-state index is 0. The maximum absolute atomic E-state index is 10.3. The first-order chi connectivity index (χ1) is 15.3. The molecule has 2 heterocycles. The molecule has 0 spiro atoms. The summed E-state index contributed by atoms with van der Waals surface area (Å²) in [4.78, 5) is 27.1. The van der Waals surface area contributed by atoms with E-state index < -0.39 is 9.85 Å². The summed E-state index contributed by atoms with van der Waals surface area (Å²) >= 11 is 9.57. The van der Waals surface area contributed by atoms with Crippen LogP contribution in [-0.4, -0.2) is 45.7 Å². The van der Waals surface area contributed by atoms with E-state index in [0.29, 0.717) is 13.1 Å². The van der Waals surface area contributed by atoms with Crippen molar-refractivity contribution in [3.8, 4) is 0 Å². The largest absolute Gasteiger partial charge is 2.00 e. The fraction of sp³-hybridized carbons (Fsp3) is 0.250. The molecule has 0 aliphatic heterocycles. The molecule has 0 amide bonds. The molecule has 2 aromatic rings. The maximum Gasteiger partial charge on any atom is 2.00 e. The van der Waals surface area contributed by atoms with Gasteiger partial charge in [-0.2, -0.15) is 10.2 Å². The van der Waals surface area contributed by atoms with E-state index in [0.717, 1.165) is 0 Å². The van der Waals surface area contributed by atoms with E-state index >= 15 is 0 Å². The van der Waals surface area contributed by atoms with Crippen LogP contribution in [0.5, 0.6) is 0 Å². The molecule has 14 nitrogen and oxygen atoms in total. The van der Waals surface area contributed by atoms with Gasteiger partial charge in [0.15, 0.2) is 11.5 Å². The topological polar surface area (TPSA) is 186 Å². The van der Waals surface area contributed by atoms with Gasteiger partial charge >= 0.3 is 32.2 Å². The molecule has 0 aliphatic carbocycles. The molecule has 33 heavy (non-hydrogen) atoms. The molecule has 0 radical (unpaired) electrons. The van der Waals surface area contributed by atoms with E-state index in [4.69, 9.17) is 34.1 Å². The molecule has 0 saturated heterocycles. The average molecular weight is 589 g/mol. The third kappa shape index (κ3) is 12.4. The van der Waals surface area contributed by atoms with Gasteiger partial charge in [-0.25, -0.2) is 0 Å². The predicted octanol–water partition coefficient (Wildman–Crippen LogP) is 2.07. The van der Waals surface area contributed by atoms with Gasteiger partial charge in [-0.05, 0) is 36.3 Å². The van der Waals surface area contributed by atoms with Gasteiger partial charge < -0.3 is 34.1 Å². The number of hydrogen-bond donors (Lipinski definition) is 2. The molecule has 0 unspecified atom stereocenters. The second-order valence-corrected chi connectivity index (χ2v) is 5.94. The molecule has 2 rings (SSSR count). The summed E-state index contributed by atoms with van der Waals surface area (Å²) in [6.45, 7) is 4.81. The third-order valence-electron chi connectivity index (χ3n) is 2.89. The number of furan rings is 2. The van der Waals surface area contributed by atoms with Crippen molar-refractivity contribution in [2.45, 2.75) is 13.8 Å². The summed E-state index contributed by atoms with van der Waals surface area (Å²) in [6.07, 6.45) is 2.56. The van der Waals surface area contributed by atoms with Crippen LogP contribution in [0.1, 0.15) is 25.4 Å². The minimum atomic E-state index is -0.623. The molecular formula is C16H18N8O6PdS2. The summed E-state index contributed by atoms with van der Waals surface area (Å²) in [6, 6.07) is 5.36. The zero-order valence-corrected chi connectivity index (χ0v) is 20.3. The Hall–Kier alpha value is -3.26. The number of hydrazone groups is 2. The van der Waals surface area contributed by atoms with Crippen LogP contribution in [0, 0.1) is 20.2 Å². The Bertz CT molecular complexity index is 940. The monoisotopic (exact) mass is 588 g/mol. The average Bonchev–Trinajstić information content (AvgIpc) is 3.39. The van der Waals surface area contributed by atoms with Gasteiger partial charge in [0.1, 0.15) is 9.85 Å². The van der Waals surface area contributed by atoms with Crippen LogP contribution in [0.3, 0.4) is 0 Å². The van der Waals surface area contributed by atoms with E-state index in [1.165, 1.54) is 36.7 Å². The number of aliphatic imine (C=N–C) groups is 2. The van der Waals surface area contributed by atoms with Crippen molar-refractivity contribution in [1.29, 1.82) is 0 Å². The summed E-state index contributed by atoms with van der Waals surface area (Å²) < 4.78 is 9.65. The molecule has 17 heteroatoms. The molecule has 0 atom stereocenters. The second-order valence-electron chi connectivity index (χ2n) is 5.17. The Morgan fingerprint density at radius 1 is 0.879 bits per heavy atom. The number of nitrogens with zero attached hydrogens (tertiary/aromatic N) is 6. The van der Waals surface area contributed by atoms with Gasteiger partial charge in [-0.3, -0.25) is 41.1 Å². The first kappa shape index (κ1) is 29.7. The standard InChI is InChI=1S/2C8H10N4O3S.Pd/c2*1-2-9-8(16)11-10-5-6-3-4-7(15-6)12(13)14;/h2*3-5H,2H2,1H3,(H2,9,11,16);/q;;+2/p-2/b2*10-5+;. The van der Waals surface area contributed by atoms with Crippen LogP contribution in [-0.2, 0) is 45.7 Å². The van der Waals surface area contributed by atoms with Crippen molar-refractivity contribution in [2.75, 3.05) is 13.1 Å². The van der Waals surface area contributed by atoms with Crippen LogP contribution < -0.4 is 10.9 Å². The van der Waals surface area contributed by atoms with Crippen LogP contribution in [0.15, 0.2) is 53.3 Å². The van der Waals surface area contributed by atoms with Crippen molar-refractivity contribution >= 4 is 59.8 Å². The first-order valence-corrected chi connectivity index (χ1v) is 9.57. The molecule has 2 N–H and O–H groups in total. The molecule has 0 aliphatic rings. The Kier molecular flexibility index (Phi) is 14.8. The van der Waals surface area contributed by atoms with Crippen molar-refractivity contribution in [1.82, 2.24) is 10.9 Å². The Labute approximate surface area is 212 Å². The Morgan fingerprint density at radius 2 is 1.24 bits per heavy atom. The fourth-order valence-electron chi connectivity index (χ4n) is 1.68. The number of amidine groups is 2. The Balaban J connectivity index is 0.000000602. The normalized spacial score (nSPS) is 11.6. The molecule has 180 valence electrons. The predicted molar refractivity (Wildman–Crippen MR) is 123 cm³/mol. The van der Waals surface area contributed by atoms with Gasteiger partial charge in [0.25, 0.3) is 0 Å². The molecule has 0 aromatic carbocycles. The fourth-order valence-corrected chi connectivity index (χ4v) is 2.04. The van der Waals surface area contributed by atoms with Crippen molar-refractivity contribution in [3.63, 3.8) is 0 Å². The van der Waals surface area contributed by atoms with Gasteiger partial charge in [0.05, 0.1) is 24.6 Å². The van der Waals surface area contributed by atoms with Gasteiger partial charge in [0, 0.05) is 13.1 Å². The molecular weight excluding hydrogens is 571 g/mol. The van der Waals surface area contributed by atoms with Crippen LogP contribution in [0.25, 0.3) is 0 Å². The molecule has 2 aromatic heterocycles. The summed E-state index contributed by atoms with van der Waals surface area (Å²) in [5, 5.41) is 28.5. The van der Waals surface area contributed by atoms with E-state index in [2.05, 4.69) is 31.0 Å². The van der Waals surface area contributed by atoms with E-state index in [1.54, 1.807) is 0 Å². The zero-order chi connectivity index (χ0) is 23.9. The zero-order valence-electron chi connectivity index (χ0n) is 17.1. The summed E-state index contributed by atoms with van der Waals surface area (Å²) in [5.74, 6) is -0.137. The van der Waals surface area contributed by atoms with Gasteiger partial charge in [-0.15, -0.1) is 0 Å². The number of hydrogen-bond acceptors (Lipinski definition) is 12. The van der Waals surface area contributed by atoms with E-state index in [1.807, 2.05) is 13.8 Å².